The highest BCUT2D eigenvalue weighted by Gasteiger charge is 2.14. The van der Waals surface area contributed by atoms with E-state index in [4.69, 9.17) is 0 Å². The predicted molar refractivity (Wildman–Crippen MR) is 66.1 cm³/mol. The second-order valence-electron chi connectivity index (χ2n) is 4.72. The number of benzene rings is 1. The second-order valence-corrected chi connectivity index (χ2v) is 4.72. The molecule has 0 aliphatic rings. The monoisotopic (exact) mass is 224 g/mol. The van der Waals surface area contributed by atoms with Crippen molar-refractivity contribution >= 4 is 0 Å². The number of rotatable bonds is 6. The molecule has 2 nitrogen and oxygen atoms in total. The molecule has 1 aromatic carbocycles. The maximum Gasteiger partial charge on any atom is 0.123 e. The molecule has 0 unspecified atom stereocenters. The van der Waals surface area contributed by atoms with Crippen LogP contribution >= 0.6 is 0 Å². The Morgan fingerprint density at radius 1 is 1.19 bits per heavy atom. The lowest BCUT2D eigenvalue weighted by atomic mass is 10.1. The first-order chi connectivity index (χ1) is 7.53. The van der Waals surface area contributed by atoms with Gasteiger partial charge in [-0.2, -0.15) is 0 Å². The van der Waals surface area contributed by atoms with E-state index >= 15 is 0 Å². The number of nitrogens with one attached hydrogen (secondary N) is 2. The molecule has 0 bridgehead atoms. The third kappa shape index (κ3) is 4.73. The molecular weight excluding hydrogens is 203 g/mol. The van der Waals surface area contributed by atoms with Crippen LogP contribution < -0.4 is 10.6 Å². The Labute approximate surface area is 97.3 Å². The van der Waals surface area contributed by atoms with Gasteiger partial charge in [0.15, 0.2) is 0 Å². The third-order valence-electron chi connectivity index (χ3n) is 2.55. The quantitative estimate of drug-likeness (QED) is 0.772. The molecule has 0 radical (unpaired) electrons. The highest BCUT2D eigenvalue weighted by molar-refractivity contribution is 5.16. The van der Waals surface area contributed by atoms with Crippen LogP contribution in [0.2, 0.25) is 0 Å². The molecule has 0 saturated carbocycles. The first-order valence-electron chi connectivity index (χ1n) is 5.67. The van der Waals surface area contributed by atoms with Gasteiger partial charge in [0.25, 0.3) is 0 Å². The van der Waals surface area contributed by atoms with Crippen LogP contribution in [0.5, 0.6) is 0 Å². The van der Waals surface area contributed by atoms with Crippen molar-refractivity contribution in [1.82, 2.24) is 10.6 Å². The van der Waals surface area contributed by atoms with Crippen molar-refractivity contribution < 1.29 is 4.39 Å². The van der Waals surface area contributed by atoms with E-state index in [0.29, 0.717) is 0 Å². The summed E-state index contributed by atoms with van der Waals surface area (Å²) in [4.78, 5) is 0. The number of halogens is 1. The van der Waals surface area contributed by atoms with Crippen molar-refractivity contribution in [1.29, 1.82) is 0 Å². The third-order valence-corrected chi connectivity index (χ3v) is 2.55. The summed E-state index contributed by atoms with van der Waals surface area (Å²) in [6, 6.07) is 6.69. The van der Waals surface area contributed by atoms with Crippen LogP contribution in [-0.4, -0.2) is 25.7 Å². The Kier molecular flexibility index (Phi) is 4.90. The smallest absolute Gasteiger partial charge is 0.123 e. The zero-order valence-electron chi connectivity index (χ0n) is 10.3. The van der Waals surface area contributed by atoms with E-state index in [9.17, 15) is 4.39 Å². The summed E-state index contributed by atoms with van der Waals surface area (Å²) in [6.07, 6.45) is 0.924. The Bertz CT molecular complexity index is 306. The molecule has 2 N–H and O–H groups in total. The van der Waals surface area contributed by atoms with Gasteiger partial charge in [-0.3, -0.25) is 0 Å². The van der Waals surface area contributed by atoms with Crippen LogP contribution in [0, 0.1) is 5.82 Å². The summed E-state index contributed by atoms with van der Waals surface area (Å²) < 4.78 is 12.7. The lowest BCUT2D eigenvalue weighted by Gasteiger charge is -2.26. The zero-order valence-corrected chi connectivity index (χ0v) is 10.3. The van der Waals surface area contributed by atoms with Crippen molar-refractivity contribution in [3.8, 4) is 0 Å². The number of hydrogen-bond acceptors (Lipinski definition) is 2. The summed E-state index contributed by atoms with van der Waals surface area (Å²) >= 11 is 0. The van der Waals surface area contributed by atoms with Gasteiger partial charge in [-0.05, 0) is 51.6 Å². The first-order valence-corrected chi connectivity index (χ1v) is 5.67. The highest BCUT2D eigenvalue weighted by atomic mass is 19.1. The van der Waals surface area contributed by atoms with Crippen molar-refractivity contribution in [2.24, 2.45) is 0 Å². The summed E-state index contributed by atoms with van der Waals surface area (Å²) in [5.41, 5.74) is 1.25. The minimum Gasteiger partial charge on any atom is -0.318 e. The Morgan fingerprint density at radius 2 is 1.81 bits per heavy atom. The normalized spacial score (nSPS) is 11.8. The molecule has 0 aliphatic heterocycles. The zero-order chi connectivity index (χ0) is 12.0. The van der Waals surface area contributed by atoms with Crippen LogP contribution in [-0.2, 0) is 6.42 Å². The van der Waals surface area contributed by atoms with E-state index in [1.807, 2.05) is 19.2 Å². The predicted octanol–water partition coefficient (Wildman–Crippen LogP) is 1.96. The highest BCUT2D eigenvalue weighted by Crippen LogP contribution is 2.04. The molecule has 0 saturated heterocycles. The minimum absolute atomic E-state index is 0.0920. The molecule has 0 aromatic heterocycles. The Morgan fingerprint density at radius 3 is 2.38 bits per heavy atom. The van der Waals surface area contributed by atoms with Crippen LogP contribution in [0.15, 0.2) is 24.3 Å². The van der Waals surface area contributed by atoms with Gasteiger partial charge in [-0.1, -0.05) is 12.1 Å². The molecule has 90 valence electrons. The Hall–Kier alpha value is -0.930. The molecule has 0 amide bonds. The summed E-state index contributed by atoms with van der Waals surface area (Å²) in [6.45, 7) is 6.15. The summed E-state index contributed by atoms with van der Waals surface area (Å²) in [5, 5.41) is 6.62. The fourth-order valence-corrected chi connectivity index (χ4v) is 1.70. The van der Waals surface area contributed by atoms with E-state index in [-0.39, 0.29) is 11.4 Å². The van der Waals surface area contributed by atoms with Crippen LogP contribution in [0.25, 0.3) is 0 Å². The van der Waals surface area contributed by atoms with Gasteiger partial charge >= 0.3 is 0 Å². The lowest BCUT2D eigenvalue weighted by Crippen LogP contribution is -2.47. The van der Waals surface area contributed by atoms with E-state index < -0.39 is 0 Å². The molecule has 0 heterocycles. The maximum absolute atomic E-state index is 12.7. The number of likely N-dealkylation sites (N-methyl/N-ethyl adjacent to an activating group) is 1. The molecule has 16 heavy (non-hydrogen) atoms. The fourth-order valence-electron chi connectivity index (χ4n) is 1.70. The van der Waals surface area contributed by atoms with E-state index in [0.717, 1.165) is 25.1 Å². The van der Waals surface area contributed by atoms with Gasteiger partial charge in [0.1, 0.15) is 5.82 Å². The van der Waals surface area contributed by atoms with Crippen LogP contribution in [0.4, 0.5) is 4.39 Å². The molecular formula is C13H21FN2. The number of hydrogen-bond donors (Lipinski definition) is 2. The maximum atomic E-state index is 12.7. The average molecular weight is 224 g/mol. The summed E-state index contributed by atoms with van der Waals surface area (Å²) in [7, 11) is 1.95. The standard InChI is InChI=1S/C13H21FN2/c1-13(2,10-15-3)16-9-8-11-4-6-12(14)7-5-11/h4-7,15-16H,8-10H2,1-3H3. The lowest BCUT2D eigenvalue weighted by molar-refractivity contribution is 0.378. The molecule has 0 fully saturated rings. The molecule has 3 heteroatoms. The summed E-state index contributed by atoms with van der Waals surface area (Å²) in [5.74, 6) is -0.174. The Balaban J connectivity index is 2.32. The van der Waals surface area contributed by atoms with Gasteiger partial charge in [0.05, 0.1) is 0 Å². The molecule has 1 rings (SSSR count). The van der Waals surface area contributed by atoms with Gasteiger partial charge < -0.3 is 10.6 Å². The topological polar surface area (TPSA) is 24.1 Å². The van der Waals surface area contributed by atoms with Crippen molar-refractivity contribution in [2.45, 2.75) is 25.8 Å². The molecule has 0 aliphatic carbocycles. The van der Waals surface area contributed by atoms with Crippen molar-refractivity contribution in [3.63, 3.8) is 0 Å². The first kappa shape index (κ1) is 13.1. The van der Waals surface area contributed by atoms with E-state index in [2.05, 4.69) is 24.5 Å². The minimum atomic E-state index is -0.174. The van der Waals surface area contributed by atoms with Crippen LogP contribution in [0.1, 0.15) is 19.4 Å². The molecule has 0 atom stereocenters. The second kappa shape index (κ2) is 5.97. The molecule has 0 spiro atoms. The fraction of sp³-hybridized carbons (Fsp3) is 0.538. The molecule has 1 aromatic rings. The van der Waals surface area contributed by atoms with Crippen molar-refractivity contribution in [3.05, 3.63) is 35.6 Å². The van der Waals surface area contributed by atoms with Crippen molar-refractivity contribution in [2.75, 3.05) is 20.1 Å². The van der Waals surface area contributed by atoms with Crippen LogP contribution in [0.3, 0.4) is 0 Å². The van der Waals surface area contributed by atoms with Gasteiger partial charge in [0.2, 0.25) is 0 Å². The van der Waals surface area contributed by atoms with E-state index in [1.54, 1.807) is 0 Å². The largest absolute Gasteiger partial charge is 0.318 e. The van der Waals surface area contributed by atoms with Gasteiger partial charge in [-0.25, -0.2) is 4.39 Å². The SMILES string of the molecule is CNCC(C)(C)NCCc1ccc(F)cc1. The van der Waals surface area contributed by atoms with Gasteiger partial charge in [0, 0.05) is 12.1 Å². The van der Waals surface area contributed by atoms with Gasteiger partial charge in [-0.15, -0.1) is 0 Å². The van der Waals surface area contributed by atoms with E-state index in [1.165, 1.54) is 12.1 Å². The average Bonchev–Trinajstić information content (AvgIpc) is 2.20.